The van der Waals surface area contributed by atoms with E-state index in [4.69, 9.17) is 19.9 Å². The Balaban J connectivity index is 0.00000117. The lowest BCUT2D eigenvalue weighted by atomic mass is 9.94. The molecule has 0 amide bonds. The van der Waals surface area contributed by atoms with Gasteiger partial charge in [0, 0.05) is 11.6 Å². The predicted octanol–water partition coefficient (Wildman–Crippen LogP) is 4.48. The van der Waals surface area contributed by atoms with Crippen LogP contribution in [0.2, 0.25) is 0 Å². The second-order valence-corrected chi connectivity index (χ2v) is 9.39. The average molecular weight is 480 g/mol. The zero-order valence-electron chi connectivity index (χ0n) is 19.5. The summed E-state index contributed by atoms with van der Waals surface area (Å²) in [5.74, 6) is 0.727. The van der Waals surface area contributed by atoms with Gasteiger partial charge in [0.15, 0.2) is 12.1 Å². The lowest BCUT2D eigenvalue weighted by molar-refractivity contribution is -0.294. The average Bonchev–Trinajstić information content (AvgIpc) is 3.51. The van der Waals surface area contributed by atoms with E-state index in [1.807, 2.05) is 67.9 Å². The number of aryl methyl sites for hydroxylation is 1. The lowest BCUT2D eigenvalue weighted by Crippen LogP contribution is -2.56. The van der Waals surface area contributed by atoms with E-state index in [1.165, 1.54) is 0 Å². The van der Waals surface area contributed by atoms with Crippen molar-refractivity contribution in [1.82, 2.24) is 19.7 Å². The number of thiazole rings is 1. The number of nitrogens with two attached hydrogens (primary N) is 1. The first-order valence-electron chi connectivity index (χ1n) is 11.7. The van der Waals surface area contributed by atoms with Crippen LogP contribution in [0.4, 0.5) is 0 Å². The standard InChI is InChI=1S/C23H23N5O3S.C2H6/c1-13-27-17-8-7-15(9-20(17)32-13)28-22(25-12-26-28)18-10-16(24)21-19(30-18)11-29-23(31-21)14-5-3-2-4-6-14;1-2/h2-9,12,16,18-19,21,23H,10-11,24H2,1H3;1-2H3. The van der Waals surface area contributed by atoms with Crippen molar-refractivity contribution in [3.05, 3.63) is 71.3 Å². The van der Waals surface area contributed by atoms with Gasteiger partial charge in [-0.2, -0.15) is 5.10 Å². The highest BCUT2D eigenvalue weighted by atomic mass is 32.1. The molecule has 0 saturated carbocycles. The van der Waals surface area contributed by atoms with Gasteiger partial charge < -0.3 is 19.9 Å². The molecular formula is C25H29N5O3S. The Morgan fingerprint density at radius 1 is 1.09 bits per heavy atom. The van der Waals surface area contributed by atoms with E-state index in [-0.39, 0.29) is 24.4 Å². The molecule has 4 aromatic rings. The van der Waals surface area contributed by atoms with Gasteiger partial charge in [-0.05, 0) is 31.5 Å². The van der Waals surface area contributed by atoms with E-state index in [9.17, 15) is 0 Å². The summed E-state index contributed by atoms with van der Waals surface area (Å²) in [6, 6.07) is 15.8. The van der Waals surface area contributed by atoms with Gasteiger partial charge in [0.05, 0.1) is 27.5 Å². The van der Waals surface area contributed by atoms with E-state index >= 15 is 0 Å². The van der Waals surface area contributed by atoms with Gasteiger partial charge in [0.2, 0.25) is 0 Å². The Kier molecular flexibility index (Phi) is 6.71. The largest absolute Gasteiger partial charge is 0.362 e. The highest BCUT2D eigenvalue weighted by Gasteiger charge is 2.44. The quantitative estimate of drug-likeness (QED) is 0.463. The highest BCUT2D eigenvalue weighted by molar-refractivity contribution is 7.18. The number of hydrogen-bond donors (Lipinski definition) is 1. The van der Waals surface area contributed by atoms with E-state index in [0.717, 1.165) is 32.3 Å². The van der Waals surface area contributed by atoms with Crippen molar-refractivity contribution >= 4 is 21.6 Å². The first-order valence-corrected chi connectivity index (χ1v) is 12.5. The lowest BCUT2D eigenvalue weighted by Gasteiger charge is -2.44. The third-order valence-corrected chi connectivity index (χ3v) is 6.90. The van der Waals surface area contributed by atoms with Gasteiger partial charge in [-0.3, -0.25) is 0 Å². The summed E-state index contributed by atoms with van der Waals surface area (Å²) in [5.41, 5.74) is 9.46. The van der Waals surface area contributed by atoms with Crippen molar-refractivity contribution in [3.8, 4) is 5.69 Å². The normalized spacial score (nSPS) is 26.5. The van der Waals surface area contributed by atoms with Gasteiger partial charge in [-0.1, -0.05) is 44.2 Å². The Bertz CT molecular complexity index is 1240. The number of rotatable bonds is 3. The number of benzene rings is 2. The van der Waals surface area contributed by atoms with Crippen LogP contribution in [0, 0.1) is 6.92 Å². The van der Waals surface area contributed by atoms with Crippen LogP contribution in [-0.4, -0.2) is 44.6 Å². The number of fused-ring (bicyclic) bond motifs is 2. The Labute approximate surface area is 202 Å². The second-order valence-electron chi connectivity index (χ2n) is 8.15. The molecule has 2 N–H and O–H groups in total. The molecule has 4 heterocycles. The van der Waals surface area contributed by atoms with Gasteiger partial charge in [0.25, 0.3) is 0 Å². The summed E-state index contributed by atoms with van der Waals surface area (Å²) in [7, 11) is 0. The summed E-state index contributed by atoms with van der Waals surface area (Å²) in [6.07, 6.45) is 0.912. The van der Waals surface area contributed by atoms with Gasteiger partial charge in [0.1, 0.15) is 24.6 Å². The summed E-state index contributed by atoms with van der Waals surface area (Å²) in [5, 5.41) is 5.50. The van der Waals surface area contributed by atoms with E-state index in [0.29, 0.717) is 13.0 Å². The van der Waals surface area contributed by atoms with Crippen LogP contribution in [0.1, 0.15) is 49.1 Å². The zero-order chi connectivity index (χ0) is 23.7. The number of aromatic nitrogens is 4. The summed E-state index contributed by atoms with van der Waals surface area (Å²) in [4.78, 5) is 9.05. The number of ether oxygens (including phenoxy) is 3. The van der Waals surface area contributed by atoms with Crippen LogP contribution in [0.15, 0.2) is 54.9 Å². The molecule has 0 radical (unpaired) electrons. The Hall–Kier alpha value is -2.69. The smallest absolute Gasteiger partial charge is 0.184 e. The molecule has 5 atom stereocenters. The van der Waals surface area contributed by atoms with Crippen LogP contribution >= 0.6 is 11.3 Å². The van der Waals surface area contributed by atoms with Gasteiger partial charge >= 0.3 is 0 Å². The van der Waals surface area contributed by atoms with Crippen LogP contribution in [-0.2, 0) is 14.2 Å². The van der Waals surface area contributed by atoms with E-state index < -0.39 is 6.29 Å². The highest BCUT2D eigenvalue weighted by Crippen LogP contribution is 2.38. The molecule has 9 heteroatoms. The van der Waals surface area contributed by atoms with Gasteiger partial charge in [-0.15, -0.1) is 11.3 Å². The van der Waals surface area contributed by atoms with Crippen molar-refractivity contribution < 1.29 is 14.2 Å². The zero-order valence-corrected chi connectivity index (χ0v) is 20.3. The molecule has 5 unspecified atom stereocenters. The molecule has 0 bridgehead atoms. The van der Waals surface area contributed by atoms with E-state index in [2.05, 4.69) is 21.1 Å². The Morgan fingerprint density at radius 3 is 2.74 bits per heavy atom. The van der Waals surface area contributed by atoms with Crippen molar-refractivity contribution in [2.24, 2.45) is 5.73 Å². The minimum absolute atomic E-state index is 0.203. The minimum Gasteiger partial charge on any atom is -0.362 e. The molecule has 6 rings (SSSR count). The number of nitrogens with zero attached hydrogens (tertiary/aromatic N) is 4. The summed E-state index contributed by atoms with van der Waals surface area (Å²) < 4.78 is 21.5. The maximum Gasteiger partial charge on any atom is 0.184 e. The molecule has 2 aliphatic rings. The molecule has 0 spiro atoms. The third kappa shape index (κ3) is 4.37. The maximum absolute atomic E-state index is 6.57. The van der Waals surface area contributed by atoms with E-state index in [1.54, 1.807) is 17.7 Å². The molecule has 8 nitrogen and oxygen atoms in total. The van der Waals surface area contributed by atoms with Crippen LogP contribution in [0.5, 0.6) is 0 Å². The summed E-state index contributed by atoms with van der Waals surface area (Å²) >= 11 is 1.66. The number of hydrogen-bond acceptors (Lipinski definition) is 8. The first kappa shape index (κ1) is 23.1. The fraction of sp³-hybridized carbons (Fsp3) is 0.400. The SMILES string of the molecule is CC.Cc1nc2ccc(-n3ncnc3C3CC(N)C4OC(c5ccccc5)OCC4O3)cc2s1. The molecular weight excluding hydrogens is 450 g/mol. The van der Waals surface area contributed by atoms with Crippen molar-refractivity contribution in [3.63, 3.8) is 0 Å². The molecule has 178 valence electrons. The molecule has 0 aliphatic carbocycles. The van der Waals surface area contributed by atoms with Crippen LogP contribution in [0.25, 0.3) is 15.9 Å². The summed E-state index contributed by atoms with van der Waals surface area (Å²) in [6.45, 7) is 6.42. The maximum atomic E-state index is 6.57. The van der Waals surface area contributed by atoms with Crippen molar-refractivity contribution in [1.29, 1.82) is 0 Å². The first-order chi connectivity index (χ1) is 16.7. The topological polar surface area (TPSA) is 97.3 Å². The van der Waals surface area contributed by atoms with Crippen LogP contribution in [0.3, 0.4) is 0 Å². The second kappa shape index (κ2) is 9.89. The van der Waals surface area contributed by atoms with Crippen molar-refractivity contribution in [2.45, 2.75) is 57.8 Å². The molecule has 34 heavy (non-hydrogen) atoms. The molecule has 2 saturated heterocycles. The minimum atomic E-state index is -0.429. The fourth-order valence-corrected chi connectivity index (χ4v) is 5.33. The van der Waals surface area contributed by atoms with Crippen LogP contribution < -0.4 is 5.73 Å². The Morgan fingerprint density at radius 2 is 1.91 bits per heavy atom. The van der Waals surface area contributed by atoms with Gasteiger partial charge in [-0.25, -0.2) is 14.6 Å². The molecule has 2 aliphatic heterocycles. The fourth-order valence-electron chi connectivity index (χ4n) is 4.47. The molecule has 2 aromatic heterocycles. The molecule has 2 aromatic carbocycles. The monoisotopic (exact) mass is 479 g/mol. The predicted molar refractivity (Wildman–Crippen MR) is 131 cm³/mol. The molecule has 2 fully saturated rings. The third-order valence-electron chi connectivity index (χ3n) is 5.96. The van der Waals surface area contributed by atoms with Crippen molar-refractivity contribution in [2.75, 3.05) is 6.61 Å².